The molecule has 0 saturated heterocycles. The molecule has 2 amide bonds. The van der Waals surface area contributed by atoms with Crippen LogP contribution in [-0.4, -0.2) is 21.5 Å². The van der Waals surface area contributed by atoms with E-state index < -0.39 is 11.2 Å². The molecule has 29 heavy (non-hydrogen) atoms. The lowest BCUT2D eigenvalue weighted by Gasteiger charge is -2.14. The topological polar surface area (TPSA) is 89.9 Å². The molecule has 1 atom stereocenters. The molecule has 0 bridgehead atoms. The molecule has 1 N–H and O–H groups in total. The van der Waals surface area contributed by atoms with Gasteiger partial charge in [-0.25, -0.2) is 4.90 Å². The van der Waals surface area contributed by atoms with Gasteiger partial charge in [-0.2, -0.15) is 0 Å². The Kier molecular flexibility index (Phi) is 5.07. The summed E-state index contributed by atoms with van der Waals surface area (Å²) >= 11 is -1.36. The van der Waals surface area contributed by atoms with Crippen molar-refractivity contribution in [2.24, 2.45) is 0 Å². The lowest BCUT2D eigenvalue weighted by atomic mass is 10.2. The fourth-order valence-corrected chi connectivity index (χ4v) is 3.83. The Labute approximate surface area is 169 Å². The predicted molar refractivity (Wildman–Crippen MR) is 107 cm³/mol. The van der Waals surface area contributed by atoms with Crippen LogP contribution in [0.15, 0.2) is 94.7 Å². The smallest absolute Gasteiger partial charge is 0.258 e. The van der Waals surface area contributed by atoms with Crippen LogP contribution in [0.5, 0.6) is 17.2 Å². The molecule has 0 radical (unpaired) electrons. The summed E-state index contributed by atoms with van der Waals surface area (Å²) < 4.78 is 18.3. The van der Waals surface area contributed by atoms with Crippen molar-refractivity contribution < 1.29 is 24.0 Å². The largest absolute Gasteiger partial charge is 0.606 e. The first-order valence-electron chi connectivity index (χ1n) is 8.66. The van der Waals surface area contributed by atoms with E-state index in [0.29, 0.717) is 27.0 Å². The van der Waals surface area contributed by atoms with Crippen LogP contribution >= 0.6 is 0 Å². The van der Waals surface area contributed by atoms with E-state index in [1.54, 1.807) is 60.7 Å². The fourth-order valence-electron chi connectivity index (χ4n) is 2.79. The first kappa shape index (κ1) is 18.8. The van der Waals surface area contributed by atoms with E-state index in [9.17, 15) is 19.2 Å². The van der Waals surface area contributed by atoms with Crippen LogP contribution in [0.1, 0.15) is 0 Å². The van der Waals surface area contributed by atoms with Gasteiger partial charge in [0.2, 0.25) is 0 Å². The summed E-state index contributed by atoms with van der Waals surface area (Å²) in [6.07, 6.45) is 2.47. The Morgan fingerprint density at radius 1 is 0.724 bits per heavy atom. The van der Waals surface area contributed by atoms with Crippen LogP contribution in [0.2, 0.25) is 0 Å². The third kappa shape index (κ3) is 4.01. The molecule has 0 spiro atoms. The SMILES string of the molecule is O=C1C=CC(=O)N1c1ccc(Oc2ccc([S+]([O-])c3ccc(O)cc3)cc2)cc1. The van der Waals surface area contributed by atoms with Crippen molar-refractivity contribution in [1.82, 2.24) is 0 Å². The molecule has 7 heteroatoms. The van der Waals surface area contributed by atoms with Crippen LogP contribution in [0.3, 0.4) is 0 Å². The number of carbonyl (C=O) groups excluding carboxylic acids is 2. The first-order chi connectivity index (χ1) is 14.0. The molecular formula is C22H15NO5S. The van der Waals surface area contributed by atoms with E-state index in [1.165, 1.54) is 24.3 Å². The molecule has 0 fully saturated rings. The third-order valence-electron chi connectivity index (χ3n) is 4.23. The summed E-state index contributed by atoms with van der Waals surface area (Å²) in [7, 11) is 0. The highest BCUT2D eigenvalue weighted by atomic mass is 32.2. The molecule has 1 heterocycles. The number of hydrogen-bond donors (Lipinski definition) is 1. The zero-order chi connectivity index (χ0) is 20.4. The van der Waals surface area contributed by atoms with E-state index in [1.807, 2.05) is 0 Å². The molecule has 4 rings (SSSR count). The van der Waals surface area contributed by atoms with Gasteiger partial charge in [-0.05, 0) is 72.8 Å². The molecule has 6 nitrogen and oxygen atoms in total. The number of amides is 2. The zero-order valence-corrected chi connectivity index (χ0v) is 15.8. The van der Waals surface area contributed by atoms with Crippen LogP contribution in [-0.2, 0) is 20.8 Å². The van der Waals surface area contributed by atoms with Gasteiger partial charge in [0, 0.05) is 23.3 Å². The number of benzene rings is 3. The Bertz CT molecular complexity index is 1060. The highest BCUT2D eigenvalue weighted by Crippen LogP contribution is 2.28. The molecular weight excluding hydrogens is 390 g/mol. The van der Waals surface area contributed by atoms with Gasteiger partial charge in [0.15, 0.2) is 9.79 Å². The fraction of sp³-hybridized carbons (Fsp3) is 0. The lowest BCUT2D eigenvalue weighted by Crippen LogP contribution is -2.29. The Morgan fingerprint density at radius 2 is 1.17 bits per heavy atom. The van der Waals surface area contributed by atoms with Crippen molar-refractivity contribution in [2.75, 3.05) is 4.90 Å². The number of phenolic OH excluding ortho intramolecular Hbond substituents is 1. The number of aromatic hydroxyl groups is 1. The average Bonchev–Trinajstić information content (AvgIpc) is 3.07. The summed E-state index contributed by atoms with van der Waals surface area (Å²) in [5.74, 6) is 0.462. The number of nitrogens with zero attached hydrogens (tertiary/aromatic N) is 1. The van der Waals surface area contributed by atoms with Crippen LogP contribution in [0.25, 0.3) is 0 Å². The molecule has 1 aliphatic rings. The molecule has 1 aliphatic heterocycles. The summed E-state index contributed by atoms with van der Waals surface area (Å²) in [6, 6.07) is 19.6. The van der Waals surface area contributed by atoms with Gasteiger partial charge < -0.3 is 14.4 Å². The molecule has 144 valence electrons. The van der Waals surface area contributed by atoms with E-state index in [-0.39, 0.29) is 17.6 Å². The average molecular weight is 405 g/mol. The van der Waals surface area contributed by atoms with Gasteiger partial charge in [-0.1, -0.05) is 0 Å². The number of ether oxygens (including phenoxy) is 1. The van der Waals surface area contributed by atoms with Gasteiger partial charge in [0.1, 0.15) is 17.2 Å². The van der Waals surface area contributed by atoms with Crippen molar-refractivity contribution in [3.63, 3.8) is 0 Å². The molecule has 0 aliphatic carbocycles. The first-order valence-corrected chi connectivity index (χ1v) is 9.81. The lowest BCUT2D eigenvalue weighted by molar-refractivity contribution is -0.119. The molecule has 0 aromatic heterocycles. The van der Waals surface area contributed by atoms with E-state index in [2.05, 4.69) is 0 Å². The highest BCUT2D eigenvalue weighted by Gasteiger charge is 2.24. The summed E-state index contributed by atoms with van der Waals surface area (Å²) in [4.78, 5) is 25.7. The highest BCUT2D eigenvalue weighted by molar-refractivity contribution is 7.91. The van der Waals surface area contributed by atoms with Crippen LogP contribution < -0.4 is 9.64 Å². The van der Waals surface area contributed by atoms with E-state index in [4.69, 9.17) is 4.74 Å². The maximum absolute atomic E-state index is 12.6. The van der Waals surface area contributed by atoms with Crippen molar-refractivity contribution in [2.45, 2.75) is 9.79 Å². The predicted octanol–water partition coefficient (Wildman–Crippen LogP) is 3.78. The summed E-state index contributed by atoms with van der Waals surface area (Å²) in [6.45, 7) is 0. The van der Waals surface area contributed by atoms with Crippen molar-refractivity contribution in [3.8, 4) is 17.2 Å². The zero-order valence-electron chi connectivity index (χ0n) is 15.0. The van der Waals surface area contributed by atoms with E-state index >= 15 is 0 Å². The normalized spacial score (nSPS) is 14.3. The minimum Gasteiger partial charge on any atom is -0.606 e. The maximum Gasteiger partial charge on any atom is 0.258 e. The van der Waals surface area contributed by atoms with Crippen molar-refractivity contribution >= 4 is 28.7 Å². The summed E-state index contributed by atoms with van der Waals surface area (Å²) in [5.41, 5.74) is 0.469. The van der Waals surface area contributed by atoms with Crippen LogP contribution in [0.4, 0.5) is 5.69 Å². The van der Waals surface area contributed by atoms with Gasteiger partial charge in [0.05, 0.1) is 5.69 Å². The molecule has 1 unspecified atom stereocenters. The van der Waals surface area contributed by atoms with Gasteiger partial charge in [0.25, 0.3) is 11.8 Å². The Balaban J connectivity index is 1.44. The minimum atomic E-state index is -1.36. The molecule has 0 saturated carbocycles. The molecule has 3 aromatic carbocycles. The monoisotopic (exact) mass is 405 g/mol. The number of carbonyl (C=O) groups is 2. The second-order valence-corrected chi connectivity index (χ2v) is 7.66. The number of hydrogen-bond acceptors (Lipinski definition) is 5. The van der Waals surface area contributed by atoms with Crippen molar-refractivity contribution in [3.05, 3.63) is 84.9 Å². The van der Waals surface area contributed by atoms with Gasteiger partial charge in [-0.3, -0.25) is 9.59 Å². The number of anilines is 1. The number of imide groups is 1. The number of rotatable bonds is 5. The summed E-state index contributed by atoms with van der Waals surface area (Å²) in [5, 5.41) is 9.34. The second-order valence-electron chi connectivity index (χ2n) is 6.18. The van der Waals surface area contributed by atoms with Gasteiger partial charge in [-0.15, -0.1) is 0 Å². The van der Waals surface area contributed by atoms with Crippen molar-refractivity contribution in [1.29, 1.82) is 0 Å². The minimum absolute atomic E-state index is 0.121. The van der Waals surface area contributed by atoms with Gasteiger partial charge >= 0.3 is 0 Å². The standard InChI is InChI=1S/C22H15NO5S/c24-16-3-9-19(10-4-16)29(27)20-11-7-18(8-12-20)28-17-5-1-15(2-6-17)23-21(25)13-14-22(23)26/h1-14,24H. The quantitative estimate of drug-likeness (QED) is 0.515. The van der Waals surface area contributed by atoms with E-state index in [0.717, 1.165) is 4.90 Å². The Hall–Kier alpha value is -3.55. The van der Waals surface area contributed by atoms with Crippen LogP contribution in [0, 0.1) is 0 Å². The Morgan fingerprint density at radius 3 is 1.69 bits per heavy atom. The number of phenols is 1. The maximum atomic E-state index is 12.6. The molecule has 3 aromatic rings. The second kappa shape index (κ2) is 7.83. The third-order valence-corrected chi connectivity index (χ3v) is 5.63.